The van der Waals surface area contributed by atoms with Gasteiger partial charge in [-0.15, -0.1) is 0 Å². The molecule has 8 heteroatoms. The fourth-order valence-corrected chi connectivity index (χ4v) is 4.00. The van der Waals surface area contributed by atoms with Crippen LogP contribution in [0.2, 0.25) is 0 Å². The molecular formula is C23H22F3N3O2. The van der Waals surface area contributed by atoms with Gasteiger partial charge in [0.25, 0.3) is 5.91 Å². The van der Waals surface area contributed by atoms with Crippen LogP contribution in [0.3, 0.4) is 0 Å². The van der Waals surface area contributed by atoms with E-state index in [0.717, 1.165) is 23.0 Å². The topological polar surface area (TPSA) is 56.4 Å². The molecule has 1 aliphatic heterocycles. The van der Waals surface area contributed by atoms with Gasteiger partial charge in [0.05, 0.1) is 5.56 Å². The first-order valence-electron chi connectivity index (χ1n) is 10.1. The van der Waals surface area contributed by atoms with Gasteiger partial charge >= 0.3 is 6.18 Å². The molecule has 2 amide bonds. The van der Waals surface area contributed by atoms with Crippen LogP contribution in [-0.2, 0) is 17.5 Å². The number of aromatic nitrogens is 1. The molecule has 0 bridgehead atoms. The number of nitrogens with one attached hydrogen (secondary N) is 1. The van der Waals surface area contributed by atoms with E-state index in [1.54, 1.807) is 17.0 Å². The van der Waals surface area contributed by atoms with Crippen LogP contribution >= 0.6 is 0 Å². The molecule has 5 nitrogen and oxygen atoms in total. The Kier molecular flexibility index (Phi) is 5.47. The third-order valence-electron chi connectivity index (χ3n) is 5.64. The number of hydrogen-bond acceptors (Lipinski definition) is 2. The SMILES string of the molecule is CCC1CN(C(=O)c2cc3ccccc3[nH]2)CC(=O)N1Cc1cccc(C(F)(F)F)c1. The lowest BCUT2D eigenvalue weighted by molar-refractivity contribution is -0.139. The summed E-state index contributed by atoms with van der Waals surface area (Å²) in [5.41, 5.74) is 0.928. The number of rotatable bonds is 4. The number of halogens is 3. The van der Waals surface area contributed by atoms with Gasteiger partial charge in [0.15, 0.2) is 0 Å². The van der Waals surface area contributed by atoms with Gasteiger partial charge < -0.3 is 14.8 Å². The number of benzene rings is 2. The molecule has 0 radical (unpaired) electrons. The molecule has 0 saturated carbocycles. The molecular weight excluding hydrogens is 407 g/mol. The molecule has 31 heavy (non-hydrogen) atoms. The average molecular weight is 429 g/mol. The van der Waals surface area contributed by atoms with Gasteiger partial charge in [-0.3, -0.25) is 9.59 Å². The highest BCUT2D eigenvalue weighted by atomic mass is 19.4. The molecule has 1 atom stereocenters. The van der Waals surface area contributed by atoms with E-state index in [9.17, 15) is 22.8 Å². The Morgan fingerprint density at radius 3 is 2.61 bits per heavy atom. The minimum atomic E-state index is -4.44. The van der Waals surface area contributed by atoms with Gasteiger partial charge in [-0.25, -0.2) is 0 Å². The zero-order chi connectivity index (χ0) is 22.2. The first-order chi connectivity index (χ1) is 14.8. The highest BCUT2D eigenvalue weighted by Gasteiger charge is 2.35. The van der Waals surface area contributed by atoms with Gasteiger partial charge in [0, 0.05) is 30.0 Å². The van der Waals surface area contributed by atoms with E-state index in [2.05, 4.69) is 4.98 Å². The lowest BCUT2D eigenvalue weighted by Crippen LogP contribution is -2.57. The maximum atomic E-state index is 13.0. The largest absolute Gasteiger partial charge is 0.416 e. The molecule has 1 saturated heterocycles. The van der Waals surface area contributed by atoms with Crippen LogP contribution in [0.1, 0.15) is 35.0 Å². The Balaban J connectivity index is 1.51. The molecule has 1 aromatic heterocycles. The number of carbonyl (C=O) groups excluding carboxylic acids is 2. The summed E-state index contributed by atoms with van der Waals surface area (Å²) in [6, 6.07) is 14.0. The molecule has 3 aromatic rings. The first-order valence-corrected chi connectivity index (χ1v) is 10.1. The van der Waals surface area contributed by atoms with Crippen molar-refractivity contribution in [2.24, 2.45) is 0 Å². The van der Waals surface area contributed by atoms with Crippen molar-refractivity contribution in [3.8, 4) is 0 Å². The van der Waals surface area contributed by atoms with Crippen molar-refractivity contribution in [3.63, 3.8) is 0 Å². The zero-order valence-electron chi connectivity index (χ0n) is 16.9. The number of carbonyl (C=O) groups is 2. The second-order valence-electron chi connectivity index (χ2n) is 7.74. The zero-order valence-corrected chi connectivity index (χ0v) is 16.9. The quantitative estimate of drug-likeness (QED) is 0.666. The summed E-state index contributed by atoms with van der Waals surface area (Å²) in [7, 11) is 0. The Bertz CT molecular complexity index is 1090. The fraction of sp³-hybridized carbons (Fsp3) is 0.304. The molecule has 1 aliphatic rings. The van der Waals surface area contributed by atoms with Gasteiger partial charge in [0.2, 0.25) is 5.91 Å². The highest BCUT2D eigenvalue weighted by Crippen LogP contribution is 2.30. The number of nitrogens with zero attached hydrogens (tertiary/aromatic N) is 2. The Morgan fingerprint density at radius 1 is 1.13 bits per heavy atom. The van der Waals surface area contributed by atoms with Crippen molar-refractivity contribution in [1.29, 1.82) is 0 Å². The van der Waals surface area contributed by atoms with Crippen LogP contribution in [0.5, 0.6) is 0 Å². The first kappa shape index (κ1) is 21.0. The standard InChI is InChI=1S/C23H22F3N3O2/c1-2-18-13-28(22(31)20-11-16-7-3-4-9-19(16)27-20)14-21(30)29(18)12-15-6-5-8-17(10-15)23(24,25)26/h3-11,18,27H,2,12-14H2,1H3. The number of alkyl halides is 3. The molecule has 1 unspecified atom stereocenters. The smallest absolute Gasteiger partial charge is 0.351 e. The number of aromatic amines is 1. The van der Waals surface area contributed by atoms with E-state index in [4.69, 9.17) is 0 Å². The summed E-state index contributed by atoms with van der Waals surface area (Å²) < 4.78 is 39.0. The van der Waals surface area contributed by atoms with Gasteiger partial charge in [-0.1, -0.05) is 37.3 Å². The number of amides is 2. The molecule has 162 valence electrons. The third kappa shape index (κ3) is 4.28. The van der Waals surface area contributed by atoms with E-state index in [-0.39, 0.29) is 30.9 Å². The van der Waals surface area contributed by atoms with Gasteiger partial charge in [0.1, 0.15) is 12.2 Å². The predicted molar refractivity (Wildman–Crippen MR) is 110 cm³/mol. The van der Waals surface area contributed by atoms with E-state index in [1.165, 1.54) is 11.0 Å². The van der Waals surface area contributed by atoms with Crippen LogP contribution in [0, 0.1) is 0 Å². The Hall–Kier alpha value is -3.29. The van der Waals surface area contributed by atoms with Crippen LogP contribution in [0.25, 0.3) is 10.9 Å². The molecule has 1 N–H and O–H groups in total. The average Bonchev–Trinajstić information content (AvgIpc) is 3.18. The van der Waals surface area contributed by atoms with Crippen LogP contribution in [0.4, 0.5) is 13.2 Å². The molecule has 0 aliphatic carbocycles. The summed E-state index contributed by atoms with van der Waals surface area (Å²) in [5.74, 6) is -0.540. The highest BCUT2D eigenvalue weighted by molar-refractivity contribution is 6.00. The third-order valence-corrected chi connectivity index (χ3v) is 5.64. The van der Waals surface area contributed by atoms with Crippen molar-refractivity contribution in [3.05, 3.63) is 71.4 Å². The van der Waals surface area contributed by atoms with Crippen molar-refractivity contribution >= 4 is 22.7 Å². The number of fused-ring (bicyclic) bond motifs is 1. The lowest BCUT2D eigenvalue weighted by atomic mass is 10.0. The van der Waals surface area contributed by atoms with Crippen LogP contribution < -0.4 is 0 Å². The minimum Gasteiger partial charge on any atom is -0.351 e. The number of piperazine rings is 1. The second kappa shape index (κ2) is 8.09. The van der Waals surface area contributed by atoms with E-state index in [1.807, 2.05) is 31.2 Å². The van der Waals surface area contributed by atoms with Crippen molar-refractivity contribution in [1.82, 2.24) is 14.8 Å². The maximum Gasteiger partial charge on any atom is 0.416 e. The summed E-state index contributed by atoms with van der Waals surface area (Å²) in [6.45, 7) is 2.20. The summed E-state index contributed by atoms with van der Waals surface area (Å²) in [6.07, 6.45) is -3.85. The number of hydrogen-bond donors (Lipinski definition) is 1. The van der Waals surface area contributed by atoms with Crippen molar-refractivity contribution in [2.75, 3.05) is 13.1 Å². The van der Waals surface area contributed by atoms with Gasteiger partial charge in [-0.2, -0.15) is 13.2 Å². The molecule has 2 heterocycles. The Labute approximate surface area is 177 Å². The molecule has 1 fully saturated rings. The second-order valence-corrected chi connectivity index (χ2v) is 7.74. The molecule has 0 spiro atoms. The maximum absolute atomic E-state index is 13.0. The monoisotopic (exact) mass is 429 g/mol. The van der Waals surface area contributed by atoms with Crippen molar-refractivity contribution in [2.45, 2.75) is 32.1 Å². The van der Waals surface area contributed by atoms with Crippen LogP contribution in [-0.4, -0.2) is 45.7 Å². The van der Waals surface area contributed by atoms with E-state index in [0.29, 0.717) is 24.2 Å². The molecule has 2 aromatic carbocycles. The van der Waals surface area contributed by atoms with Gasteiger partial charge in [-0.05, 0) is 36.2 Å². The van der Waals surface area contributed by atoms with E-state index >= 15 is 0 Å². The number of para-hydroxylation sites is 1. The molecule has 4 rings (SSSR count). The normalized spacial score (nSPS) is 17.4. The minimum absolute atomic E-state index is 0.0790. The summed E-state index contributed by atoms with van der Waals surface area (Å²) in [4.78, 5) is 32.0. The summed E-state index contributed by atoms with van der Waals surface area (Å²) >= 11 is 0. The van der Waals surface area contributed by atoms with E-state index < -0.39 is 11.7 Å². The Morgan fingerprint density at radius 2 is 1.90 bits per heavy atom. The lowest BCUT2D eigenvalue weighted by Gasteiger charge is -2.40. The van der Waals surface area contributed by atoms with Crippen LogP contribution in [0.15, 0.2) is 54.6 Å². The number of H-pyrrole nitrogens is 1. The summed E-state index contributed by atoms with van der Waals surface area (Å²) in [5, 5.41) is 0.910. The van der Waals surface area contributed by atoms with Crippen molar-refractivity contribution < 1.29 is 22.8 Å². The predicted octanol–water partition coefficient (Wildman–Crippen LogP) is 4.45. The fourth-order valence-electron chi connectivity index (χ4n) is 4.00.